The summed E-state index contributed by atoms with van der Waals surface area (Å²) in [7, 11) is 2.76. The second kappa shape index (κ2) is 5.05. The summed E-state index contributed by atoms with van der Waals surface area (Å²) < 4.78 is 26.6. The number of rotatable bonds is 4. The molecular formula is C10H16ClNO5S. The van der Waals surface area contributed by atoms with Crippen LogP contribution in [0.2, 0.25) is 0 Å². The van der Waals surface area contributed by atoms with Crippen LogP contribution in [0.3, 0.4) is 0 Å². The Bertz CT molecular complexity index is 459. The molecule has 0 aromatic rings. The maximum atomic E-state index is 11.8. The molecule has 0 radical (unpaired) electrons. The van der Waals surface area contributed by atoms with Gasteiger partial charge in [-0.05, 0) is 13.8 Å². The fourth-order valence-corrected chi connectivity index (χ4v) is 3.40. The molecule has 0 aromatic carbocycles. The molecular weight excluding hydrogens is 282 g/mol. The van der Waals surface area contributed by atoms with Gasteiger partial charge in [0.05, 0.1) is 12.9 Å². The maximum absolute atomic E-state index is 11.8. The molecule has 1 heterocycles. The summed E-state index contributed by atoms with van der Waals surface area (Å²) >= 11 is 0. The van der Waals surface area contributed by atoms with Crippen LogP contribution in [0.5, 0.6) is 0 Å². The van der Waals surface area contributed by atoms with Gasteiger partial charge in [-0.2, -0.15) is 0 Å². The molecule has 0 aromatic heterocycles. The average Bonchev–Trinajstić information content (AvgIpc) is 2.55. The average molecular weight is 298 g/mol. The van der Waals surface area contributed by atoms with E-state index in [1.165, 1.54) is 12.0 Å². The fraction of sp³-hybridized carbons (Fsp3) is 0.800. The second-order valence-electron chi connectivity index (χ2n) is 4.83. The zero-order chi connectivity index (χ0) is 14.1. The van der Waals surface area contributed by atoms with Gasteiger partial charge in [0, 0.05) is 29.6 Å². The second-order valence-corrected chi connectivity index (χ2v) is 7.65. The zero-order valence-electron chi connectivity index (χ0n) is 10.5. The summed E-state index contributed by atoms with van der Waals surface area (Å²) in [6, 6.07) is 0. The van der Waals surface area contributed by atoms with Crippen molar-refractivity contribution in [2.24, 2.45) is 5.92 Å². The molecule has 8 heteroatoms. The lowest BCUT2D eigenvalue weighted by Crippen LogP contribution is -2.51. The van der Waals surface area contributed by atoms with Gasteiger partial charge in [-0.1, -0.05) is 0 Å². The predicted molar refractivity (Wildman–Crippen MR) is 65.6 cm³/mol. The van der Waals surface area contributed by atoms with Crippen molar-refractivity contribution in [1.29, 1.82) is 0 Å². The number of carbonyl (C=O) groups excluding carboxylic acids is 2. The number of hydrogen-bond acceptors (Lipinski definition) is 5. The van der Waals surface area contributed by atoms with E-state index in [0.717, 1.165) is 0 Å². The number of ether oxygens (including phenoxy) is 1. The van der Waals surface area contributed by atoms with E-state index in [2.05, 4.69) is 4.74 Å². The molecule has 6 nitrogen and oxygen atoms in total. The lowest BCUT2D eigenvalue weighted by atomic mass is 10.0. The van der Waals surface area contributed by atoms with E-state index in [1.807, 2.05) is 0 Å². The molecule has 0 aliphatic carbocycles. The minimum Gasteiger partial charge on any atom is -0.467 e. The topological polar surface area (TPSA) is 80.8 Å². The Morgan fingerprint density at radius 2 is 2.11 bits per heavy atom. The summed E-state index contributed by atoms with van der Waals surface area (Å²) in [6.07, 6.45) is 0.0758. The molecule has 1 amide bonds. The largest absolute Gasteiger partial charge is 0.467 e. The van der Waals surface area contributed by atoms with Crippen molar-refractivity contribution in [3.8, 4) is 0 Å². The lowest BCUT2D eigenvalue weighted by Gasteiger charge is -2.32. The quantitative estimate of drug-likeness (QED) is 0.553. The van der Waals surface area contributed by atoms with Crippen LogP contribution in [-0.4, -0.2) is 50.1 Å². The van der Waals surface area contributed by atoms with Crippen LogP contribution in [0.1, 0.15) is 20.3 Å². The van der Waals surface area contributed by atoms with E-state index in [4.69, 9.17) is 10.7 Å². The number of esters is 1. The van der Waals surface area contributed by atoms with Gasteiger partial charge in [-0.25, -0.2) is 13.2 Å². The van der Waals surface area contributed by atoms with Crippen molar-refractivity contribution in [2.45, 2.75) is 25.8 Å². The van der Waals surface area contributed by atoms with Gasteiger partial charge >= 0.3 is 5.97 Å². The number of carbonyl (C=O) groups is 2. The molecule has 1 saturated heterocycles. The number of methoxy groups -OCH3 is 1. The molecule has 1 fully saturated rings. The van der Waals surface area contributed by atoms with Crippen LogP contribution >= 0.6 is 10.7 Å². The summed E-state index contributed by atoms with van der Waals surface area (Å²) in [5.41, 5.74) is -1.10. The Morgan fingerprint density at radius 3 is 2.56 bits per heavy atom. The van der Waals surface area contributed by atoms with Gasteiger partial charge in [-0.15, -0.1) is 0 Å². The first-order chi connectivity index (χ1) is 8.08. The molecule has 0 bridgehead atoms. The van der Waals surface area contributed by atoms with E-state index in [9.17, 15) is 18.0 Å². The first-order valence-electron chi connectivity index (χ1n) is 5.39. The smallest absolute Gasteiger partial charge is 0.331 e. The van der Waals surface area contributed by atoms with Gasteiger partial charge in [-0.3, -0.25) is 4.79 Å². The normalized spacial score (nSPS) is 21.2. The van der Waals surface area contributed by atoms with E-state index in [1.54, 1.807) is 13.8 Å². The Kier molecular flexibility index (Phi) is 4.27. The van der Waals surface area contributed by atoms with Crippen molar-refractivity contribution in [1.82, 2.24) is 4.90 Å². The Balaban J connectivity index is 2.82. The molecule has 0 saturated carbocycles. The lowest BCUT2D eigenvalue weighted by molar-refractivity contribution is -0.157. The molecule has 18 heavy (non-hydrogen) atoms. The van der Waals surface area contributed by atoms with Crippen molar-refractivity contribution >= 4 is 31.6 Å². The first kappa shape index (κ1) is 15.2. The van der Waals surface area contributed by atoms with Gasteiger partial charge in [0.2, 0.25) is 15.0 Å². The third-order valence-electron chi connectivity index (χ3n) is 3.00. The van der Waals surface area contributed by atoms with Crippen LogP contribution in [0.25, 0.3) is 0 Å². The first-order valence-corrected chi connectivity index (χ1v) is 7.87. The summed E-state index contributed by atoms with van der Waals surface area (Å²) in [5, 5.41) is 0. The van der Waals surface area contributed by atoms with E-state index in [0.29, 0.717) is 0 Å². The standard InChI is InChI=1S/C10H16ClNO5S/c1-10(2,9(14)17-3)12-5-7(4-8(12)13)6-18(11,15)16/h7H,4-6H2,1-3H3. The van der Waals surface area contributed by atoms with Gasteiger partial charge < -0.3 is 9.64 Å². The maximum Gasteiger partial charge on any atom is 0.331 e. The highest BCUT2D eigenvalue weighted by Crippen LogP contribution is 2.28. The van der Waals surface area contributed by atoms with E-state index >= 15 is 0 Å². The highest BCUT2D eigenvalue weighted by Gasteiger charge is 2.44. The molecule has 1 rings (SSSR count). The Morgan fingerprint density at radius 1 is 1.56 bits per heavy atom. The fourth-order valence-electron chi connectivity index (χ4n) is 2.07. The predicted octanol–water partition coefficient (Wildman–Crippen LogP) is 0.355. The minimum absolute atomic E-state index is 0.0758. The van der Waals surface area contributed by atoms with Gasteiger partial charge in [0.15, 0.2) is 0 Å². The van der Waals surface area contributed by atoms with Gasteiger partial charge in [0.25, 0.3) is 0 Å². The molecule has 1 atom stereocenters. The van der Waals surface area contributed by atoms with Crippen LogP contribution in [0.15, 0.2) is 0 Å². The SMILES string of the molecule is COC(=O)C(C)(C)N1CC(CS(=O)(=O)Cl)CC1=O. The van der Waals surface area contributed by atoms with Crippen LogP contribution in [0.4, 0.5) is 0 Å². The van der Waals surface area contributed by atoms with E-state index < -0.39 is 20.6 Å². The summed E-state index contributed by atoms with van der Waals surface area (Å²) in [5.74, 6) is -1.46. The van der Waals surface area contributed by atoms with Gasteiger partial charge in [0.1, 0.15) is 5.54 Å². The Hall–Kier alpha value is -0.820. The third kappa shape index (κ3) is 3.35. The molecule has 1 aliphatic heterocycles. The number of halogens is 1. The summed E-state index contributed by atoms with van der Waals surface area (Å²) in [6.45, 7) is 3.31. The van der Waals surface area contributed by atoms with Crippen LogP contribution in [0, 0.1) is 5.92 Å². The molecule has 104 valence electrons. The van der Waals surface area contributed by atoms with Crippen molar-refractivity contribution < 1.29 is 22.7 Å². The third-order valence-corrected chi connectivity index (χ3v) is 4.25. The Labute approximate surface area is 111 Å². The minimum atomic E-state index is -3.65. The summed E-state index contributed by atoms with van der Waals surface area (Å²) in [4.78, 5) is 24.8. The van der Waals surface area contributed by atoms with E-state index in [-0.39, 0.29) is 30.5 Å². The van der Waals surface area contributed by atoms with Crippen molar-refractivity contribution in [2.75, 3.05) is 19.4 Å². The van der Waals surface area contributed by atoms with Crippen molar-refractivity contribution in [3.63, 3.8) is 0 Å². The number of hydrogen-bond donors (Lipinski definition) is 0. The molecule has 1 unspecified atom stereocenters. The monoisotopic (exact) mass is 297 g/mol. The van der Waals surface area contributed by atoms with Crippen molar-refractivity contribution in [3.05, 3.63) is 0 Å². The highest BCUT2D eigenvalue weighted by atomic mass is 35.7. The highest BCUT2D eigenvalue weighted by molar-refractivity contribution is 8.13. The number of nitrogens with zero attached hydrogens (tertiary/aromatic N) is 1. The van der Waals surface area contributed by atoms with Crippen LogP contribution < -0.4 is 0 Å². The van der Waals surface area contributed by atoms with Crippen LogP contribution in [-0.2, 0) is 23.4 Å². The zero-order valence-corrected chi connectivity index (χ0v) is 12.0. The number of likely N-dealkylation sites (tertiary alicyclic amines) is 1. The molecule has 1 aliphatic rings. The molecule has 0 N–H and O–H groups in total. The number of amides is 1. The molecule has 0 spiro atoms.